The average molecular weight is 497 g/mol. The monoisotopic (exact) mass is 496 g/mol. The topological polar surface area (TPSA) is 119 Å². The number of thioether (sulfide) groups is 1. The van der Waals surface area contributed by atoms with E-state index >= 15 is 8.78 Å². The number of nitrogens with one attached hydrogen (secondary N) is 2. The van der Waals surface area contributed by atoms with E-state index in [1.807, 2.05) is 5.32 Å². The number of thiophene rings is 1. The SMILES string of the molecule is CSc1nc2c(F)c(-c3ccc(F)c4sc(NC(=O)O)c(C#N)c34)c(Cl)c(F)c2c(=O)[nH]1. The molecule has 0 spiro atoms. The molecule has 0 atom stereocenters. The van der Waals surface area contributed by atoms with Crippen molar-refractivity contribution >= 4 is 66.8 Å². The summed E-state index contributed by atoms with van der Waals surface area (Å²) < 4.78 is 45.0. The number of hydrogen-bond donors (Lipinski definition) is 3. The molecule has 162 valence electrons. The number of aromatic nitrogens is 2. The van der Waals surface area contributed by atoms with E-state index in [2.05, 4.69) is 9.97 Å². The molecule has 0 aliphatic heterocycles. The quantitative estimate of drug-likeness (QED) is 0.194. The zero-order valence-electron chi connectivity index (χ0n) is 15.6. The van der Waals surface area contributed by atoms with Crippen LogP contribution in [0.1, 0.15) is 5.56 Å². The van der Waals surface area contributed by atoms with E-state index in [4.69, 9.17) is 16.7 Å². The van der Waals surface area contributed by atoms with Gasteiger partial charge in [0.25, 0.3) is 5.56 Å². The molecule has 1 amide bonds. The molecule has 0 saturated heterocycles. The van der Waals surface area contributed by atoms with Crippen LogP contribution in [0.3, 0.4) is 0 Å². The van der Waals surface area contributed by atoms with Gasteiger partial charge in [0.05, 0.1) is 15.3 Å². The average Bonchev–Trinajstić information content (AvgIpc) is 3.11. The molecule has 0 unspecified atom stereocenters. The van der Waals surface area contributed by atoms with Crippen LogP contribution in [0.2, 0.25) is 5.02 Å². The van der Waals surface area contributed by atoms with Crippen molar-refractivity contribution in [1.82, 2.24) is 9.97 Å². The first-order chi connectivity index (χ1) is 15.2. The summed E-state index contributed by atoms with van der Waals surface area (Å²) in [5.41, 5.74) is -2.52. The zero-order valence-corrected chi connectivity index (χ0v) is 18.0. The van der Waals surface area contributed by atoms with Gasteiger partial charge in [0.15, 0.2) is 16.8 Å². The van der Waals surface area contributed by atoms with Crippen LogP contribution >= 0.6 is 34.7 Å². The molecule has 0 saturated carbocycles. The number of amides is 1. The van der Waals surface area contributed by atoms with Gasteiger partial charge in [-0.15, -0.1) is 11.3 Å². The van der Waals surface area contributed by atoms with Gasteiger partial charge in [-0.1, -0.05) is 29.4 Å². The Balaban J connectivity index is 2.18. The maximum absolute atomic E-state index is 15.6. The Kier molecular flexibility index (Phi) is 5.49. The van der Waals surface area contributed by atoms with Crippen LogP contribution in [-0.4, -0.2) is 27.4 Å². The fourth-order valence-electron chi connectivity index (χ4n) is 3.25. The summed E-state index contributed by atoms with van der Waals surface area (Å²) >= 11 is 7.71. The highest BCUT2D eigenvalue weighted by Crippen LogP contribution is 2.46. The lowest BCUT2D eigenvalue weighted by atomic mass is 9.97. The minimum atomic E-state index is -1.50. The van der Waals surface area contributed by atoms with Gasteiger partial charge in [0.2, 0.25) is 0 Å². The molecule has 2 heterocycles. The first kappa shape index (κ1) is 21.9. The van der Waals surface area contributed by atoms with Gasteiger partial charge in [-0.25, -0.2) is 22.9 Å². The summed E-state index contributed by atoms with van der Waals surface area (Å²) in [7, 11) is 0. The number of nitrogens with zero attached hydrogens (tertiary/aromatic N) is 2. The van der Waals surface area contributed by atoms with Crippen molar-refractivity contribution in [3.8, 4) is 17.2 Å². The molecule has 13 heteroatoms. The van der Waals surface area contributed by atoms with Gasteiger partial charge in [-0.05, 0) is 17.9 Å². The molecule has 4 rings (SSSR count). The van der Waals surface area contributed by atoms with Crippen LogP contribution in [0, 0.1) is 28.8 Å². The number of fused-ring (bicyclic) bond motifs is 2. The van der Waals surface area contributed by atoms with Gasteiger partial charge in [-0.3, -0.25) is 10.1 Å². The number of carbonyl (C=O) groups is 1. The Labute approximate surface area is 189 Å². The fraction of sp³-hybridized carbons (Fsp3) is 0.0526. The van der Waals surface area contributed by atoms with Crippen LogP contribution in [0.15, 0.2) is 22.1 Å². The number of H-pyrrole nitrogens is 1. The Hall–Kier alpha value is -3.27. The molecule has 0 aliphatic carbocycles. The molecule has 0 radical (unpaired) electrons. The van der Waals surface area contributed by atoms with E-state index in [-0.39, 0.29) is 31.4 Å². The van der Waals surface area contributed by atoms with Crippen LogP contribution in [0.4, 0.5) is 23.0 Å². The minimum absolute atomic E-state index is 0.0273. The minimum Gasteiger partial charge on any atom is -0.465 e. The second-order valence-corrected chi connectivity index (χ2v) is 8.46. The van der Waals surface area contributed by atoms with Gasteiger partial charge in [0.1, 0.15) is 27.8 Å². The third-order valence-corrected chi connectivity index (χ3v) is 6.59. The number of rotatable bonds is 3. The molecular formula is C19H8ClF3N4O3S2. The number of benzene rings is 2. The second kappa shape index (κ2) is 8.01. The summed E-state index contributed by atoms with van der Waals surface area (Å²) in [6.45, 7) is 0. The molecule has 4 aromatic rings. The summed E-state index contributed by atoms with van der Waals surface area (Å²) in [5, 5.41) is 18.8. The van der Waals surface area contributed by atoms with Crippen LogP contribution in [0.5, 0.6) is 0 Å². The van der Waals surface area contributed by atoms with E-state index in [1.54, 1.807) is 12.3 Å². The highest BCUT2D eigenvalue weighted by molar-refractivity contribution is 7.98. The molecule has 0 aliphatic rings. The number of hydrogen-bond acceptors (Lipinski definition) is 6. The summed E-state index contributed by atoms with van der Waals surface area (Å²) in [5.74, 6) is -3.20. The van der Waals surface area contributed by atoms with E-state index < -0.39 is 50.6 Å². The smallest absolute Gasteiger partial charge is 0.409 e. The van der Waals surface area contributed by atoms with E-state index in [9.17, 15) is 19.2 Å². The normalized spacial score (nSPS) is 11.1. The standard InChI is InChI=1S/C19H8ClF3N4O3S2/c1-31-18-25-14-10(16(28)26-18)12(22)11(20)9(13(14)23)5-2-3-7(21)15-8(5)6(4-24)17(32-15)27-19(29)30/h2-3,27H,1H3,(H,29,30)(H,25,26,28). The van der Waals surface area contributed by atoms with Gasteiger partial charge in [0, 0.05) is 10.9 Å². The zero-order chi connectivity index (χ0) is 23.3. The van der Waals surface area contributed by atoms with E-state index in [1.165, 1.54) is 0 Å². The van der Waals surface area contributed by atoms with Gasteiger partial charge < -0.3 is 10.1 Å². The Morgan fingerprint density at radius 2 is 2.03 bits per heavy atom. The van der Waals surface area contributed by atoms with E-state index in [0.29, 0.717) is 11.3 Å². The lowest BCUT2D eigenvalue weighted by molar-refractivity contribution is 0.210. The molecule has 2 aromatic carbocycles. The molecule has 2 aromatic heterocycles. The van der Waals surface area contributed by atoms with Crippen LogP contribution < -0.4 is 10.9 Å². The van der Waals surface area contributed by atoms with Crippen molar-refractivity contribution in [2.45, 2.75) is 5.16 Å². The number of nitriles is 1. The van der Waals surface area contributed by atoms with Crippen molar-refractivity contribution in [3.63, 3.8) is 0 Å². The van der Waals surface area contributed by atoms with Crippen molar-refractivity contribution < 1.29 is 23.1 Å². The van der Waals surface area contributed by atoms with Crippen molar-refractivity contribution in [3.05, 3.63) is 50.5 Å². The Morgan fingerprint density at radius 3 is 2.66 bits per heavy atom. The summed E-state index contributed by atoms with van der Waals surface area (Å²) in [6, 6.07) is 3.81. The predicted octanol–water partition coefficient (Wildman–Crippen LogP) is 5.56. The molecule has 7 nitrogen and oxygen atoms in total. The number of aromatic amines is 1. The third-order valence-electron chi connectivity index (χ3n) is 4.54. The largest absolute Gasteiger partial charge is 0.465 e. The lowest BCUT2D eigenvalue weighted by Crippen LogP contribution is -2.13. The second-order valence-electron chi connectivity index (χ2n) is 6.26. The molecular weight excluding hydrogens is 489 g/mol. The van der Waals surface area contributed by atoms with Gasteiger partial charge in [-0.2, -0.15) is 5.26 Å². The van der Waals surface area contributed by atoms with Crippen molar-refractivity contribution in [2.75, 3.05) is 11.6 Å². The number of halogens is 4. The maximum Gasteiger partial charge on any atom is 0.409 e. The highest BCUT2D eigenvalue weighted by Gasteiger charge is 2.28. The fourth-order valence-corrected chi connectivity index (χ4v) is 4.98. The first-order valence-corrected chi connectivity index (χ1v) is 10.9. The molecule has 0 fully saturated rings. The van der Waals surface area contributed by atoms with Crippen LogP contribution in [0.25, 0.3) is 32.1 Å². The Bertz CT molecular complexity index is 1560. The maximum atomic E-state index is 15.6. The van der Waals surface area contributed by atoms with E-state index in [0.717, 1.165) is 23.9 Å². The lowest BCUT2D eigenvalue weighted by Gasteiger charge is -2.12. The first-order valence-electron chi connectivity index (χ1n) is 8.49. The van der Waals surface area contributed by atoms with Crippen LogP contribution in [-0.2, 0) is 0 Å². The predicted molar refractivity (Wildman–Crippen MR) is 116 cm³/mol. The highest BCUT2D eigenvalue weighted by atomic mass is 35.5. The summed E-state index contributed by atoms with van der Waals surface area (Å²) in [6.07, 6.45) is 0.0734. The van der Waals surface area contributed by atoms with Gasteiger partial charge >= 0.3 is 6.09 Å². The molecule has 0 bridgehead atoms. The summed E-state index contributed by atoms with van der Waals surface area (Å²) in [4.78, 5) is 29.6. The van der Waals surface area contributed by atoms with Crippen molar-refractivity contribution in [1.29, 1.82) is 5.26 Å². The molecule has 3 N–H and O–H groups in total. The Morgan fingerprint density at radius 1 is 1.31 bits per heavy atom. The number of carboxylic acid groups (broad SMARTS) is 1. The van der Waals surface area contributed by atoms with Crippen molar-refractivity contribution in [2.24, 2.45) is 0 Å². The molecule has 32 heavy (non-hydrogen) atoms. The number of anilines is 1. The third kappa shape index (κ3) is 3.26.